The van der Waals surface area contributed by atoms with Gasteiger partial charge in [0.1, 0.15) is 6.10 Å². The van der Waals surface area contributed by atoms with Gasteiger partial charge in [-0.25, -0.2) is 0 Å². The Hall–Kier alpha value is -0.570. The first-order valence-corrected chi connectivity index (χ1v) is 4.10. The van der Waals surface area contributed by atoms with Gasteiger partial charge >= 0.3 is 5.97 Å². The zero-order chi connectivity index (χ0) is 8.10. The van der Waals surface area contributed by atoms with Gasteiger partial charge in [0.15, 0.2) is 0 Å². The summed E-state index contributed by atoms with van der Waals surface area (Å²) in [5.41, 5.74) is 0. The molecule has 1 aliphatic heterocycles. The third-order valence-corrected chi connectivity index (χ3v) is 1.64. The van der Waals surface area contributed by atoms with Gasteiger partial charge in [0.25, 0.3) is 0 Å². The van der Waals surface area contributed by atoms with Gasteiger partial charge in [-0.2, -0.15) is 0 Å². The molecule has 1 rings (SSSR count). The third kappa shape index (κ3) is 2.89. The maximum Gasteiger partial charge on any atom is 0.310 e. The summed E-state index contributed by atoms with van der Waals surface area (Å²) in [5.74, 6) is -0.103. The summed E-state index contributed by atoms with van der Waals surface area (Å²) in [5, 5.41) is 0. The van der Waals surface area contributed by atoms with Gasteiger partial charge in [0.05, 0.1) is 13.0 Å². The zero-order valence-corrected chi connectivity index (χ0v) is 6.84. The minimum atomic E-state index is -0.103. The van der Waals surface area contributed by atoms with Crippen molar-refractivity contribution in [2.24, 2.45) is 0 Å². The van der Waals surface area contributed by atoms with Crippen molar-refractivity contribution in [1.29, 1.82) is 0 Å². The monoisotopic (exact) mass is 158 g/mol. The summed E-state index contributed by atoms with van der Waals surface area (Å²) in [7, 11) is 0. The first-order chi connectivity index (χ1) is 5.33. The van der Waals surface area contributed by atoms with Crippen LogP contribution in [-0.4, -0.2) is 25.3 Å². The Balaban J connectivity index is 1.85. The van der Waals surface area contributed by atoms with E-state index in [1.807, 2.05) is 0 Å². The molecule has 3 nitrogen and oxygen atoms in total. The molecule has 0 bridgehead atoms. The highest BCUT2D eigenvalue weighted by atomic mass is 16.6. The van der Waals surface area contributed by atoms with Crippen LogP contribution < -0.4 is 0 Å². The SMILES string of the molecule is CCCCOC[C@H]1CC(=O)O1. The van der Waals surface area contributed by atoms with Crippen LogP contribution in [-0.2, 0) is 14.3 Å². The van der Waals surface area contributed by atoms with Crippen molar-refractivity contribution in [3.63, 3.8) is 0 Å². The van der Waals surface area contributed by atoms with E-state index >= 15 is 0 Å². The van der Waals surface area contributed by atoms with Crippen LogP contribution in [0.3, 0.4) is 0 Å². The lowest BCUT2D eigenvalue weighted by molar-refractivity contribution is -0.174. The minimum Gasteiger partial charge on any atom is -0.459 e. The van der Waals surface area contributed by atoms with Gasteiger partial charge in [-0.05, 0) is 6.42 Å². The van der Waals surface area contributed by atoms with Crippen molar-refractivity contribution in [3.05, 3.63) is 0 Å². The highest BCUT2D eigenvalue weighted by molar-refractivity contribution is 5.75. The fourth-order valence-corrected chi connectivity index (χ4v) is 0.916. The van der Waals surface area contributed by atoms with Crippen LogP contribution in [0.5, 0.6) is 0 Å². The Morgan fingerprint density at radius 2 is 2.45 bits per heavy atom. The van der Waals surface area contributed by atoms with Crippen LogP contribution in [0.15, 0.2) is 0 Å². The molecule has 0 aromatic heterocycles. The Kier molecular flexibility index (Phi) is 3.36. The number of carbonyl (C=O) groups excluding carboxylic acids is 1. The maximum absolute atomic E-state index is 10.3. The summed E-state index contributed by atoms with van der Waals surface area (Å²) < 4.78 is 10.0. The lowest BCUT2D eigenvalue weighted by Gasteiger charge is -2.24. The second-order valence-electron chi connectivity index (χ2n) is 2.74. The van der Waals surface area contributed by atoms with Crippen LogP contribution in [0.25, 0.3) is 0 Å². The molecule has 0 aromatic rings. The second kappa shape index (κ2) is 4.34. The Labute approximate surface area is 66.7 Å². The first kappa shape index (κ1) is 8.53. The second-order valence-corrected chi connectivity index (χ2v) is 2.74. The van der Waals surface area contributed by atoms with Gasteiger partial charge in [0, 0.05) is 6.61 Å². The van der Waals surface area contributed by atoms with Crippen molar-refractivity contribution in [1.82, 2.24) is 0 Å². The van der Waals surface area contributed by atoms with Crippen molar-refractivity contribution < 1.29 is 14.3 Å². The molecule has 0 radical (unpaired) electrons. The van der Waals surface area contributed by atoms with Crippen molar-refractivity contribution in [2.75, 3.05) is 13.2 Å². The number of rotatable bonds is 5. The number of unbranched alkanes of at least 4 members (excludes halogenated alkanes) is 1. The summed E-state index contributed by atoms with van der Waals surface area (Å²) in [6.45, 7) is 3.48. The summed E-state index contributed by atoms with van der Waals surface area (Å²) in [6.07, 6.45) is 2.80. The standard InChI is InChI=1S/C8H14O3/c1-2-3-4-10-6-7-5-8(9)11-7/h7H,2-6H2,1H3/t7-/m1/s1. The molecule has 11 heavy (non-hydrogen) atoms. The van der Waals surface area contributed by atoms with E-state index in [-0.39, 0.29) is 12.1 Å². The van der Waals surface area contributed by atoms with Crippen molar-refractivity contribution in [3.8, 4) is 0 Å². The quantitative estimate of drug-likeness (QED) is 0.444. The summed E-state index contributed by atoms with van der Waals surface area (Å²) >= 11 is 0. The lowest BCUT2D eigenvalue weighted by atomic mass is 10.2. The highest BCUT2D eigenvalue weighted by Crippen LogP contribution is 2.12. The normalized spacial score (nSPS) is 22.6. The molecule has 0 unspecified atom stereocenters. The van der Waals surface area contributed by atoms with E-state index in [4.69, 9.17) is 9.47 Å². The van der Waals surface area contributed by atoms with E-state index < -0.39 is 0 Å². The molecule has 0 saturated carbocycles. The van der Waals surface area contributed by atoms with Gasteiger partial charge in [-0.15, -0.1) is 0 Å². The molecule has 0 amide bonds. The van der Waals surface area contributed by atoms with Crippen LogP contribution in [0.4, 0.5) is 0 Å². The molecule has 1 aliphatic rings. The third-order valence-electron chi connectivity index (χ3n) is 1.64. The van der Waals surface area contributed by atoms with Crippen LogP contribution in [0.2, 0.25) is 0 Å². The molecular formula is C8H14O3. The Morgan fingerprint density at radius 3 is 3.00 bits per heavy atom. The average molecular weight is 158 g/mol. The highest BCUT2D eigenvalue weighted by Gasteiger charge is 2.27. The minimum absolute atomic E-state index is 0.0411. The van der Waals surface area contributed by atoms with Crippen LogP contribution in [0.1, 0.15) is 26.2 Å². The van der Waals surface area contributed by atoms with E-state index in [1.54, 1.807) is 0 Å². The largest absolute Gasteiger partial charge is 0.459 e. The fourth-order valence-electron chi connectivity index (χ4n) is 0.916. The number of esters is 1. The van der Waals surface area contributed by atoms with Gasteiger partial charge in [-0.3, -0.25) is 4.79 Å². The Bertz CT molecular complexity index is 125. The van der Waals surface area contributed by atoms with E-state index in [1.165, 1.54) is 0 Å². The summed E-state index contributed by atoms with van der Waals surface area (Å²) in [6, 6.07) is 0. The van der Waals surface area contributed by atoms with E-state index in [9.17, 15) is 4.79 Å². The zero-order valence-electron chi connectivity index (χ0n) is 6.84. The number of carbonyl (C=O) groups is 1. The van der Waals surface area contributed by atoms with Crippen molar-refractivity contribution in [2.45, 2.75) is 32.3 Å². The Morgan fingerprint density at radius 1 is 1.73 bits per heavy atom. The number of ether oxygens (including phenoxy) is 2. The van der Waals surface area contributed by atoms with Gasteiger partial charge in [0.2, 0.25) is 0 Å². The van der Waals surface area contributed by atoms with E-state index in [2.05, 4.69) is 6.92 Å². The van der Waals surface area contributed by atoms with Crippen LogP contribution in [0, 0.1) is 0 Å². The van der Waals surface area contributed by atoms with Crippen LogP contribution >= 0.6 is 0 Å². The fraction of sp³-hybridized carbons (Fsp3) is 0.875. The van der Waals surface area contributed by atoms with Crippen molar-refractivity contribution >= 4 is 5.97 Å². The molecule has 0 aromatic carbocycles. The molecule has 1 saturated heterocycles. The smallest absolute Gasteiger partial charge is 0.310 e. The molecule has 0 N–H and O–H groups in total. The number of hydrogen-bond donors (Lipinski definition) is 0. The predicted octanol–water partition coefficient (Wildman–Crippen LogP) is 1.12. The average Bonchev–Trinajstić information content (AvgIpc) is 1.94. The van der Waals surface area contributed by atoms with E-state index in [0.717, 1.165) is 19.4 Å². The molecule has 3 heteroatoms. The van der Waals surface area contributed by atoms with E-state index in [0.29, 0.717) is 13.0 Å². The molecule has 1 fully saturated rings. The maximum atomic E-state index is 10.3. The molecule has 1 heterocycles. The lowest BCUT2D eigenvalue weighted by Crippen LogP contribution is -2.36. The molecule has 64 valence electrons. The topological polar surface area (TPSA) is 35.5 Å². The predicted molar refractivity (Wildman–Crippen MR) is 40.2 cm³/mol. The summed E-state index contributed by atoms with van der Waals surface area (Å²) in [4.78, 5) is 10.3. The molecule has 0 spiro atoms. The molecular weight excluding hydrogens is 144 g/mol. The molecule has 1 atom stereocenters. The number of hydrogen-bond acceptors (Lipinski definition) is 3. The number of cyclic esters (lactones) is 1. The first-order valence-electron chi connectivity index (χ1n) is 4.10. The van der Waals surface area contributed by atoms with Gasteiger partial charge in [-0.1, -0.05) is 13.3 Å². The molecule has 0 aliphatic carbocycles. The van der Waals surface area contributed by atoms with Gasteiger partial charge < -0.3 is 9.47 Å².